The molecule has 1 aromatic rings. The van der Waals surface area contributed by atoms with Crippen molar-refractivity contribution in [2.45, 2.75) is 52.6 Å². The van der Waals surface area contributed by atoms with Crippen LogP contribution in [0, 0.1) is 11.7 Å². The third-order valence-corrected chi connectivity index (χ3v) is 3.17. The maximum absolute atomic E-state index is 13.1. The second-order valence-corrected chi connectivity index (χ2v) is 5.16. The summed E-state index contributed by atoms with van der Waals surface area (Å²) in [5.41, 5.74) is 1.06. The van der Waals surface area contributed by atoms with Crippen molar-refractivity contribution in [1.29, 1.82) is 0 Å². The minimum absolute atomic E-state index is 0.148. The summed E-state index contributed by atoms with van der Waals surface area (Å²) >= 11 is 0. The van der Waals surface area contributed by atoms with E-state index in [0.29, 0.717) is 18.0 Å². The van der Waals surface area contributed by atoms with E-state index in [9.17, 15) is 4.39 Å². The topological polar surface area (TPSA) is 12.0 Å². The maximum atomic E-state index is 13.1. The van der Waals surface area contributed by atoms with Crippen molar-refractivity contribution in [3.8, 4) is 0 Å². The molecule has 0 saturated carbocycles. The first-order valence-electron chi connectivity index (χ1n) is 6.53. The summed E-state index contributed by atoms with van der Waals surface area (Å²) in [5, 5.41) is 3.61. The van der Waals surface area contributed by atoms with Crippen LogP contribution < -0.4 is 5.32 Å². The first-order chi connectivity index (χ1) is 8.02. The monoisotopic (exact) mass is 237 g/mol. The van der Waals surface area contributed by atoms with Gasteiger partial charge in [0.05, 0.1) is 0 Å². The van der Waals surface area contributed by atoms with Crippen LogP contribution in [0.4, 0.5) is 4.39 Å². The van der Waals surface area contributed by atoms with Crippen LogP contribution in [0.2, 0.25) is 0 Å². The van der Waals surface area contributed by atoms with Crippen molar-refractivity contribution >= 4 is 0 Å². The maximum Gasteiger partial charge on any atom is 0.123 e. The Kier molecular flexibility index (Phi) is 5.63. The van der Waals surface area contributed by atoms with Gasteiger partial charge in [0, 0.05) is 12.1 Å². The summed E-state index contributed by atoms with van der Waals surface area (Å²) in [4.78, 5) is 0. The van der Waals surface area contributed by atoms with Crippen LogP contribution in [0.1, 0.15) is 39.7 Å². The second kappa shape index (κ2) is 6.75. The van der Waals surface area contributed by atoms with Gasteiger partial charge in [-0.3, -0.25) is 0 Å². The average molecular weight is 237 g/mol. The van der Waals surface area contributed by atoms with Crippen LogP contribution in [0.5, 0.6) is 0 Å². The van der Waals surface area contributed by atoms with Crippen molar-refractivity contribution in [3.05, 3.63) is 35.6 Å². The van der Waals surface area contributed by atoms with Crippen molar-refractivity contribution in [2.75, 3.05) is 0 Å². The number of hydrogen-bond acceptors (Lipinski definition) is 1. The Morgan fingerprint density at radius 3 is 2.47 bits per heavy atom. The van der Waals surface area contributed by atoms with Gasteiger partial charge >= 0.3 is 0 Å². The van der Waals surface area contributed by atoms with Gasteiger partial charge in [-0.25, -0.2) is 4.39 Å². The van der Waals surface area contributed by atoms with E-state index in [-0.39, 0.29) is 5.82 Å². The fourth-order valence-electron chi connectivity index (χ4n) is 2.22. The first-order valence-corrected chi connectivity index (χ1v) is 6.53. The smallest absolute Gasteiger partial charge is 0.123 e. The molecule has 96 valence electrons. The van der Waals surface area contributed by atoms with E-state index in [1.165, 1.54) is 6.07 Å². The normalized spacial score (nSPS) is 14.9. The van der Waals surface area contributed by atoms with E-state index < -0.39 is 0 Å². The molecule has 1 nitrogen and oxygen atoms in total. The standard InChI is InChI=1S/C15H24FN/c1-5-15(11(2)3)17-12(4)9-13-7-6-8-14(16)10-13/h6-8,10-12,15,17H,5,9H2,1-4H3. The van der Waals surface area contributed by atoms with E-state index in [0.717, 1.165) is 18.4 Å². The van der Waals surface area contributed by atoms with Gasteiger partial charge < -0.3 is 5.32 Å². The predicted octanol–water partition coefficient (Wildman–Crippen LogP) is 3.78. The molecule has 0 heterocycles. The Bertz CT molecular complexity index is 335. The Hall–Kier alpha value is -0.890. The molecular formula is C15H24FN. The lowest BCUT2D eigenvalue weighted by Crippen LogP contribution is -2.40. The van der Waals surface area contributed by atoms with Gasteiger partial charge in [-0.1, -0.05) is 32.9 Å². The molecular weight excluding hydrogens is 213 g/mol. The molecule has 0 bridgehead atoms. The molecule has 1 aromatic carbocycles. The molecule has 0 amide bonds. The summed E-state index contributed by atoms with van der Waals surface area (Å²) in [7, 11) is 0. The highest BCUT2D eigenvalue weighted by Crippen LogP contribution is 2.10. The zero-order valence-corrected chi connectivity index (χ0v) is 11.3. The SMILES string of the molecule is CCC(NC(C)Cc1cccc(F)c1)C(C)C. The molecule has 0 aromatic heterocycles. The molecule has 2 unspecified atom stereocenters. The molecule has 0 aliphatic rings. The van der Waals surface area contributed by atoms with Gasteiger partial charge in [0.15, 0.2) is 0 Å². The van der Waals surface area contributed by atoms with Gasteiger partial charge in [0.2, 0.25) is 0 Å². The molecule has 17 heavy (non-hydrogen) atoms. The van der Waals surface area contributed by atoms with Gasteiger partial charge in [-0.2, -0.15) is 0 Å². The fourth-order valence-corrected chi connectivity index (χ4v) is 2.22. The lowest BCUT2D eigenvalue weighted by atomic mass is 9.99. The van der Waals surface area contributed by atoms with Crippen LogP contribution in [-0.2, 0) is 6.42 Å². The van der Waals surface area contributed by atoms with Crippen LogP contribution in [0.25, 0.3) is 0 Å². The number of halogens is 1. The summed E-state index contributed by atoms with van der Waals surface area (Å²) in [6.07, 6.45) is 2.01. The van der Waals surface area contributed by atoms with Gasteiger partial charge in [-0.05, 0) is 43.4 Å². The van der Waals surface area contributed by atoms with Crippen LogP contribution >= 0.6 is 0 Å². The van der Waals surface area contributed by atoms with E-state index in [2.05, 4.69) is 33.0 Å². The van der Waals surface area contributed by atoms with E-state index >= 15 is 0 Å². The van der Waals surface area contributed by atoms with Crippen LogP contribution in [0.15, 0.2) is 24.3 Å². The van der Waals surface area contributed by atoms with Gasteiger partial charge in [-0.15, -0.1) is 0 Å². The Morgan fingerprint density at radius 2 is 1.94 bits per heavy atom. The number of benzene rings is 1. The van der Waals surface area contributed by atoms with Gasteiger partial charge in [0.25, 0.3) is 0 Å². The summed E-state index contributed by atoms with van der Waals surface area (Å²) in [6, 6.07) is 7.79. The van der Waals surface area contributed by atoms with Crippen LogP contribution in [-0.4, -0.2) is 12.1 Å². The molecule has 0 spiro atoms. The van der Waals surface area contributed by atoms with Crippen molar-refractivity contribution in [1.82, 2.24) is 5.32 Å². The molecule has 0 aliphatic carbocycles. The number of hydrogen-bond donors (Lipinski definition) is 1. The minimum Gasteiger partial charge on any atom is -0.311 e. The highest BCUT2D eigenvalue weighted by Gasteiger charge is 2.13. The summed E-state index contributed by atoms with van der Waals surface area (Å²) in [6.45, 7) is 8.83. The number of nitrogens with one attached hydrogen (secondary N) is 1. The highest BCUT2D eigenvalue weighted by atomic mass is 19.1. The molecule has 0 fully saturated rings. The molecule has 0 aliphatic heterocycles. The van der Waals surface area contributed by atoms with Crippen molar-refractivity contribution in [3.63, 3.8) is 0 Å². The summed E-state index contributed by atoms with van der Waals surface area (Å²) < 4.78 is 13.1. The second-order valence-electron chi connectivity index (χ2n) is 5.16. The average Bonchev–Trinajstić information content (AvgIpc) is 2.25. The molecule has 1 N–H and O–H groups in total. The largest absolute Gasteiger partial charge is 0.311 e. The van der Waals surface area contributed by atoms with Crippen molar-refractivity contribution in [2.24, 2.45) is 5.92 Å². The summed E-state index contributed by atoms with van der Waals surface area (Å²) in [5.74, 6) is 0.487. The fraction of sp³-hybridized carbons (Fsp3) is 0.600. The van der Waals surface area contributed by atoms with Crippen LogP contribution in [0.3, 0.4) is 0 Å². The molecule has 0 saturated heterocycles. The quantitative estimate of drug-likeness (QED) is 0.794. The molecule has 2 atom stereocenters. The molecule has 1 rings (SSSR count). The molecule has 2 heteroatoms. The van der Waals surface area contributed by atoms with E-state index in [4.69, 9.17) is 0 Å². The lowest BCUT2D eigenvalue weighted by Gasteiger charge is -2.25. The molecule has 0 radical (unpaired) electrons. The highest BCUT2D eigenvalue weighted by molar-refractivity contribution is 5.17. The first kappa shape index (κ1) is 14.2. The van der Waals surface area contributed by atoms with Crippen molar-refractivity contribution < 1.29 is 4.39 Å². The zero-order valence-electron chi connectivity index (χ0n) is 11.3. The zero-order chi connectivity index (χ0) is 12.8. The van der Waals surface area contributed by atoms with Gasteiger partial charge in [0.1, 0.15) is 5.82 Å². The minimum atomic E-state index is -0.148. The third-order valence-electron chi connectivity index (χ3n) is 3.17. The predicted molar refractivity (Wildman–Crippen MR) is 71.6 cm³/mol. The van der Waals surface area contributed by atoms with E-state index in [1.807, 2.05) is 6.07 Å². The number of rotatable bonds is 6. The Labute approximate surface area is 104 Å². The third kappa shape index (κ3) is 4.86. The lowest BCUT2D eigenvalue weighted by molar-refractivity contribution is 0.351. The van der Waals surface area contributed by atoms with E-state index in [1.54, 1.807) is 12.1 Å². The Balaban J connectivity index is 2.51. The Morgan fingerprint density at radius 1 is 1.24 bits per heavy atom.